The first kappa shape index (κ1) is 37.3. The zero-order chi connectivity index (χ0) is 36.5. The van der Waals surface area contributed by atoms with E-state index in [-0.39, 0.29) is 41.8 Å². The number of nitrogens with zero attached hydrogens (tertiary/aromatic N) is 2. The smallest absolute Gasteiger partial charge is 0.408 e. The Morgan fingerprint density at radius 2 is 1.84 bits per heavy atom. The highest BCUT2D eigenvalue weighted by atomic mass is 79.9. The van der Waals surface area contributed by atoms with Crippen molar-refractivity contribution >= 4 is 56.5 Å². The number of likely N-dealkylation sites (tertiary alicyclic amines) is 1. The Labute approximate surface area is 301 Å². The molecule has 2 saturated carbocycles. The molecule has 2 aliphatic carbocycles. The molecule has 12 nitrogen and oxygen atoms in total. The van der Waals surface area contributed by atoms with Gasteiger partial charge in [0.1, 0.15) is 41.3 Å². The molecule has 0 spiro atoms. The molecular formula is C37H47BrN4O8. The van der Waals surface area contributed by atoms with Crippen molar-refractivity contribution in [1.82, 2.24) is 20.5 Å². The Morgan fingerprint density at radius 1 is 1.14 bits per heavy atom. The third kappa shape index (κ3) is 7.52. The van der Waals surface area contributed by atoms with Crippen molar-refractivity contribution in [2.45, 2.75) is 103 Å². The maximum atomic E-state index is 14.5. The maximum Gasteiger partial charge on any atom is 0.408 e. The van der Waals surface area contributed by atoms with Crippen molar-refractivity contribution in [3.8, 4) is 5.75 Å². The number of fused-ring (bicyclic) bond motifs is 1. The van der Waals surface area contributed by atoms with E-state index in [4.69, 9.17) is 14.2 Å². The van der Waals surface area contributed by atoms with Gasteiger partial charge in [0.15, 0.2) is 5.78 Å². The summed E-state index contributed by atoms with van der Waals surface area (Å²) in [6.45, 7) is 13.1. The summed E-state index contributed by atoms with van der Waals surface area (Å²) >= 11 is 3.24. The molecule has 13 heteroatoms. The van der Waals surface area contributed by atoms with Crippen molar-refractivity contribution < 1.29 is 38.2 Å². The van der Waals surface area contributed by atoms with Crippen LogP contribution in [0, 0.1) is 25.2 Å². The predicted octanol–water partition coefficient (Wildman–Crippen LogP) is 5.09. The monoisotopic (exact) mass is 754 g/mol. The molecule has 1 saturated heterocycles. The zero-order valence-corrected chi connectivity index (χ0v) is 31.2. The van der Waals surface area contributed by atoms with Crippen LogP contribution in [0.2, 0.25) is 0 Å². The van der Waals surface area contributed by atoms with E-state index in [1.54, 1.807) is 12.1 Å². The van der Waals surface area contributed by atoms with Gasteiger partial charge in [0.05, 0.1) is 24.5 Å². The van der Waals surface area contributed by atoms with Gasteiger partial charge in [-0.2, -0.15) is 0 Å². The molecule has 3 amide bonds. The molecule has 50 heavy (non-hydrogen) atoms. The van der Waals surface area contributed by atoms with Gasteiger partial charge in [-0.3, -0.25) is 14.4 Å². The Hall–Kier alpha value is -4.00. The fraction of sp³-hybridized carbons (Fsp3) is 0.568. The minimum atomic E-state index is -1.28. The number of ketones is 1. The summed E-state index contributed by atoms with van der Waals surface area (Å²) in [6.07, 6.45) is 3.91. The molecule has 0 bridgehead atoms. The summed E-state index contributed by atoms with van der Waals surface area (Å²) < 4.78 is 17.2. The molecule has 5 atom stereocenters. The fourth-order valence-electron chi connectivity index (χ4n) is 6.97. The SMILES string of the molecule is C=C[C@@H]1C[C@]1(NC(=O)[C@@H]1C[C@@H](Oc2cc(C(=O)CBr)nc3c(C)c(C)ccc23)CN1C(=O)[C@@H](NC(=O)OC1CCCC1)C(C)(C)C)C(=O)OC. The molecule has 3 fully saturated rings. The van der Waals surface area contributed by atoms with Crippen LogP contribution in [-0.4, -0.2) is 88.4 Å². The average Bonchev–Trinajstić information content (AvgIpc) is 3.35. The van der Waals surface area contributed by atoms with Crippen molar-refractivity contribution in [1.29, 1.82) is 0 Å². The minimum Gasteiger partial charge on any atom is -0.488 e. The summed E-state index contributed by atoms with van der Waals surface area (Å²) in [5.41, 5.74) is 0.698. The standard InChI is InChI=1S/C37H47BrN4O8/c1-8-22-17-37(22,34(46)48-7)41-32(44)27-15-24(49-29-16-26(28(43)18-38)39-30-21(3)20(2)13-14-25(29)30)19-42(27)33(45)31(36(4,5)6)40-35(47)50-23-11-9-10-12-23/h8,13-14,16,22-24,27,31H,1,9-12,15,17-19H2,2-7H3,(H,40,47)(H,41,44)/t22-,24-,27+,31-,37-/m1/s1. The highest BCUT2D eigenvalue weighted by Gasteiger charge is 2.62. The second-order valence-electron chi connectivity index (χ2n) is 14.7. The number of hydrogen-bond donors (Lipinski definition) is 2. The lowest BCUT2D eigenvalue weighted by Crippen LogP contribution is -2.59. The van der Waals surface area contributed by atoms with Crippen LogP contribution in [0.3, 0.4) is 0 Å². The lowest BCUT2D eigenvalue weighted by atomic mass is 9.85. The summed E-state index contributed by atoms with van der Waals surface area (Å²) in [7, 11) is 1.26. The second kappa shape index (κ2) is 14.7. The van der Waals surface area contributed by atoms with Crippen LogP contribution in [0.15, 0.2) is 30.9 Å². The number of hydrogen-bond acceptors (Lipinski definition) is 9. The second-order valence-corrected chi connectivity index (χ2v) is 15.3. The Morgan fingerprint density at radius 3 is 2.44 bits per heavy atom. The number of amides is 3. The number of nitrogens with one attached hydrogen (secondary N) is 2. The highest BCUT2D eigenvalue weighted by Crippen LogP contribution is 2.46. The third-order valence-electron chi connectivity index (χ3n) is 10.2. The van der Waals surface area contributed by atoms with Crippen molar-refractivity contribution in [2.24, 2.45) is 11.3 Å². The van der Waals surface area contributed by atoms with Gasteiger partial charge in [0.2, 0.25) is 11.8 Å². The molecule has 2 N–H and O–H groups in total. The number of alkyl halides is 1. The number of carbonyl (C=O) groups excluding carboxylic acids is 5. The Kier molecular flexibility index (Phi) is 10.9. The zero-order valence-electron chi connectivity index (χ0n) is 29.6. The van der Waals surface area contributed by atoms with Crippen molar-refractivity contribution in [3.63, 3.8) is 0 Å². The lowest BCUT2D eigenvalue weighted by Gasteiger charge is -2.35. The number of esters is 1. The molecule has 3 aliphatic rings. The third-order valence-corrected chi connectivity index (χ3v) is 10.7. The minimum absolute atomic E-state index is 0.00462. The number of benzene rings is 1. The highest BCUT2D eigenvalue weighted by molar-refractivity contribution is 9.09. The maximum absolute atomic E-state index is 14.5. The quantitative estimate of drug-likeness (QED) is 0.138. The number of aryl methyl sites for hydroxylation is 2. The van der Waals surface area contributed by atoms with E-state index in [2.05, 4.69) is 38.1 Å². The molecular weight excluding hydrogens is 708 g/mol. The molecule has 5 rings (SSSR count). The predicted molar refractivity (Wildman–Crippen MR) is 190 cm³/mol. The van der Waals surface area contributed by atoms with Gasteiger partial charge in [-0.1, -0.05) is 48.8 Å². The first-order chi connectivity index (χ1) is 23.6. The van der Waals surface area contributed by atoms with Crippen LogP contribution >= 0.6 is 15.9 Å². The number of methoxy groups -OCH3 is 1. The number of pyridine rings is 1. The summed E-state index contributed by atoms with van der Waals surface area (Å²) in [6, 6.07) is 3.31. The number of carbonyl (C=O) groups is 5. The van der Waals surface area contributed by atoms with Gasteiger partial charge in [-0.25, -0.2) is 14.6 Å². The number of Topliss-reactive ketones (excluding diaryl/α,β-unsaturated/α-hetero) is 1. The van der Waals surface area contributed by atoms with Gasteiger partial charge in [0.25, 0.3) is 0 Å². The molecule has 2 heterocycles. The van der Waals surface area contributed by atoms with Gasteiger partial charge in [0, 0.05) is 23.8 Å². The van der Waals surface area contributed by atoms with E-state index in [0.29, 0.717) is 23.1 Å². The van der Waals surface area contributed by atoms with E-state index >= 15 is 0 Å². The fourth-order valence-corrected chi connectivity index (χ4v) is 7.26. The van der Waals surface area contributed by atoms with E-state index in [9.17, 15) is 24.0 Å². The van der Waals surface area contributed by atoms with E-state index < -0.39 is 53.0 Å². The van der Waals surface area contributed by atoms with Crippen LogP contribution < -0.4 is 15.4 Å². The molecule has 2 aromatic rings. The number of halogens is 1. The first-order valence-electron chi connectivity index (χ1n) is 17.1. The molecule has 1 aromatic heterocycles. The number of aromatic nitrogens is 1. The number of ether oxygens (including phenoxy) is 3. The van der Waals surface area contributed by atoms with Crippen LogP contribution in [-0.2, 0) is 23.9 Å². The molecule has 0 unspecified atom stereocenters. The van der Waals surface area contributed by atoms with Crippen LogP contribution in [0.5, 0.6) is 5.75 Å². The Balaban J connectivity index is 1.48. The van der Waals surface area contributed by atoms with E-state index in [1.807, 2.05) is 46.8 Å². The van der Waals surface area contributed by atoms with Gasteiger partial charge in [-0.15, -0.1) is 6.58 Å². The Bertz CT molecular complexity index is 1700. The summed E-state index contributed by atoms with van der Waals surface area (Å²) in [5, 5.41) is 6.41. The topological polar surface area (TPSA) is 153 Å². The van der Waals surface area contributed by atoms with Crippen molar-refractivity contribution in [3.05, 3.63) is 47.7 Å². The number of alkyl carbamates (subject to hydrolysis) is 1. The van der Waals surface area contributed by atoms with Gasteiger partial charge in [-0.05, 0) is 68.6 Å². The molecule has 0 radical (unpaired) electrons. The summed E-state index contributed by atoms with van der Waals surface area (Å²) in [5.74, 6) is -1.80. The van der Waals surface area contributed by atoms with Crippen molar-refractivity contribution in [2.75, 3.05) is 19.0 Å². The van der Waals surface area contributed by atoms with Gasteiger partial charge < -0.3 is 29.7 Å². The van der Waals surface area contributed by atoms with Gasteiger partial charge >= 0.3 is 12.1 Å². The van der Waals surface area contributed by atoms with Crippen LogP contribution in [0.25, 0.3) is 10.9 Å². The summed E-state index contributed by atoms with van der Waals surface area (Å²) in [4.78, 5) is 73.4. The molecule has 1 aromatic carbocycles. The first-order valence-corrected chi connectivity index (χ1v) is 18.2. The molecule has 1 aliphatic heterocycles. The number of rotatable bonds is 11. The average molecular weight is 756 g/mol. The lowest BCUT2D eigenvalue weighted by molar-refractivity contribution is -0.148. The molecule has 270 valence electrons. The largest absolute Gasteiger partial charge is 0.488 e. The van der Waals surface area contributed by atoms with E-state index in [0.717, 1.165) is 36.8 Å². The van der Waals surface area contributed by atoms with Crippen LogP contribution in [0.1, 0.15) is 80.9 Å². The van der Waals surface area contributed by atoms with E-state index in [1.165, 1.54) is 12.0 Å². The normalized spacial score (nSPS) is 24.0. The van der Waals surface area contributed by atoms with Crippen LogP contribution in [0.4, 0.5) is 4.79 Å².